The number of carbonyl (C=O) groups excluding carboxylic acids is 1. The number of aromatic nitrogens is 2. The minimum absolute atomic E-state index is 0.00674. The molecule has 0 unspecified atom stereocenters. The fourth-order valence-electron chi connectivity index (χ4n) is 2.70. The molecule has 0 aliphatic heterocycles. The van der Waals surface area contributed by atoms with Gasteiger partial charge in [-0.25, -0.2) is 0 Å². The molecule has 1 amide bonds. The smallest absolute Gasteiger partial charge is 0.241 e. The van der Waals surface area contributed by atoms with Crippen molar-refractivity contribution in [2.75, 3.05) is 12.3 Å². The van der Waals surface area contributed by atoms with Crippen LogP contribution in [0.15, 0.2) is 12.4 Å². The van der Waals surface area contributed by atoms with Gasteiger partial charge in [-0.3, -0.25) is 9.48 Å². The number of hydrogen-bond donors (Lipinski definition) is 2. The van der Waals surface area contributed by atoms with Crippen LogP contribution in [0.4, 0.5) is 5.69 Å². The Hall–Kier alpha value is -1.52. The molecule has 5 nitrogen and oxygen atoms in total. The molecule has 2 rings (SSSR count). The van der Waals surface area contributed by atoms with Gasteiger partial charge in [0.25, 0.3) is 0 Å². The van der Waals surface area contributed by atoms with Crippen LogP contribution in [0.3, 0.4) is 0 Å². The summed E-state index contributed by atoms with van der Waals surface area (Å²) < 4.78 is 1.56. The summed E-state index contributed by atoms with van der Waals surface area (Å²) in [5.74, 6) is 1.68. The molecule has 0 bridgehead atoms. The number of rotatable bonds is 5. The van der Waals surface area contributed by atoms with Crippen LogP contribution in [0.1, 0.15) is 39.0 Å². The first-order chi connectivity index (χ1) is 9.13. The lowest BCUT2D eigenvalue weighted by Gasteiger charge is -2.26. The van der Waals surface area contributed by atoms with E-state index in [1.165, 1.54) is 25.7 Å². The lowest BCUT2D eigenvalue weighted by atomic mass is 9.81. The highest BCUT2D eigenvalue weighted by Gasteiger charge is 2.17. The van der Waals surface area contributed by atoms with Gasteiger partial charge in [0.2, 0.25) is 5.91 Å². The van der Waals surface area contributed by atoms with Crippen LogP contribution >= 0.6 is 0 Å². The van der Waals surface area contributed by atoms with Gasteiger partial charge in [0, 0.05) is 12.7 Å². The summed E-state index contributed by atoms with van der Waals surface area (Å²) in [6.07, 6.45) is 9.62. The molecule has 1 heterocycles. The Morgan fingerprint density at radius 1 is 1.47 bits per heavy atom. The summed E-state index contributed by atoms with van der Waals surface area (Å²) in [6.45, 7) is 3.35. The Morgan fingerprint density at radius 3 is 2.84 bits per heavy atom. The maximum Gasteiger partial charge on any atom is 0.241 e. The molecule has 1 aliphatic carbocycles. The van der Waals surface area contributed by atoms with Gasteiger partial charge >= 0.3 is 0 Å². The molecule has 1 aliphatic rings. The molecule has 5 heteroatoms. The highest BCUT2D eigenvalue weighted by molar-refractivity contribution is 5.75. The molecule has 1 fully saturated rings. The topological polar surface area (TPSA) is 72.9 Å². The SMILES string of the molecule is CC1CCC(CCNC(=O)Cn2cc(N)cn2)CC1. The molecular formula is C14H24N4O. The lowest BCUT2D eigenvalue weighted by Crippen LogP contribution is -2.30. The monoisotopic (exact) mass is 264 g/mol. The number of amides is 1. The molecular weight excluding hydrogens is 240 g/mol. The summed E-state index contributed by atoms with van der Waals surface area (Å²) in [5.41, 5.74) is 6.14. The highest BCUT2D eigenvalue weighted by atomic mass is 16.2. The zero-order valence-corrected chi connectivity index (χ0v) is 11.6. The number of anilines is 1. The maximum atomic E-state index is 11.7. The van der Waals surface area contributed by atoms with Gasteiger partial charge in [0.15, 0.2) is 0 Å². The maximum absolute atomic E-state index is 11.7. The molecule has 0 aromatic carbocycles. The average Bonchev–Trinajstić information content (AvgIpc) is 2.77. The van der Waals surface area contributed by atoms with Gasteiger partial charge < -0.3 is 11.1 Å². The lowest BCUT2D eigenvalue weighted by molar-refractivity contribution is -0.121. The Balaban J connectivity index is 1.61. The minimum atomic E-state index is 0.00674. The summed E-state index contributed by atoms with van der Waals surface area (Å²) in [6, 6.07) is 0. The largest absolute Gasteiger partial charge is 0.396 e. The van der Waals surface area contributed by atoms with Crippen molar-refractivity contribution in [1.29, 1.82) is 0 Å². The number of nitrogens with two attached hydrogens (primary N) is 1. The Labute approximate surface area is 114 Å². The number of hydrogen-bond acceptors (Lipinski definition) is 3. The van der Waals surface area contributed by atoms with E-state index in [1.807, 2.05) is 0 Å². The average molecular weight is 264 g/mol. The van der Waals surface area contributed by atoms with Crippen molar-refractivity contribution in [1.82, 2.24) is 15.1 Å². The zero-order chi connectivity index (χ0) is 13.7. The Kier molecular flexibility index (Phi) is 4.82. The third-order valence-corrected chi connectivity index (χ3v) is 3.97. The van der Waals surface area contributed by atoms with Gasteiger partial charge in [-0.15, -0.1) is 0 Å². The molecule has 3 N–H and O–H groups in total. The van der Waals surface area contributed by atoms with Crippen LogP contribution in [0.2, 0.25) is 0 Å². The minimum Gasteiger partial charge on any atom is -0.396 e. The van der Waals surface area contributed by atoms with E-state index in [1.54, 1.807) is 17.1 Å². The standard InChI is InChI=1S/C14H24N4O/c1-11-2-4-12(5-3-11)6-7-16-14(19)10-18-9-13(15)8-17-18/h8-9,11-12H,2-7,10,15H2,1H3,(H,16,19). The first kappa shape index (κ1) is 13.9. The summed E-state index contributed by atoms with van der Waals surface area (Å²) in [4.78, 5) is 11.7. The van der Waals surface area contributed by atoms with Crippen molar-refractivity contribution in [2.24, 2.45) is 11.8 Å². The van der Waals surface area contributed by atoms with E-state index < -0.39 is 0 Å². The third kappa shape index (κ3) is 4.58. The Bertz CT molecular complexity index is 407. The van der Waals surface area contributed by atoms with Crippen LogP contribution in [-0.4, -0.2) is 22.2 Å². The van der Waals surface area contributed by atoms with Gasteiger partial charge in [-0.2, -0.15) is 5.10 Å². The molecule has 1 saturated carbocycles. The summed E-state index contributed by atoms with van der Waals surface area (Å²) in [7, 11) is 0. The quantitative estimate of drug-likeness (QED) is 0.851. The number of carbonyl (C=O) groups is 1. The summed E-state index contributed by atoms with van der Waals surface area (Å²) in [5, 5.41) is 6.95. The second kappa shape index (κ2) is 6.59. The fraction of sp³-hybridized carbons (Fsp3) is 0.714. The van der Waals surface area contributed by atoms with Crippen molar-refractivity contribution in [3.63, 3.8) is 0 Å². The molecule has 1 aromatic heterocycles. The first-order valence-electron chi connectivity index (χ1n) is 7.18. The second-order valence-corrected chi connectivity index (χ2v) is 5.74. The van der Waals surface area contributed by atoms with Gasteiger partial charge in [0.1, 0.15) is 6.54 Å². The zero-order valence-electron chi connectivity index (χ0n) is 11.6. The first-order valence-corrected chi connectivity index (χ1v) is 7.18. The van der Waals surface area contributed by atoms with Gasteiger partial charge in [-0.05, 0) is 18.3 Å². The molecule has 0 atom stereocenters. The van der Waals surface area contributed by atoms with Crippen molar-refractivity contribution in [3.05, 3.63) is 12.4 Å². The number of nitrogens with zero attached hydrogens (tertiary/aromatic N) is 2. The molecule has 0 saturated heterocycles. The number of nitrogen functional groups attached to an aromatic ring is 1. The van der Waals surface area contributed by atoms with Crippen molar-refractivity contribution in [2.45, 2.75) is 45.6 Å². The van der Waals surface area contributed by atoms with Crippen LogP contribution in [-0.2, 0) is 11.3 Å². The second-order valence-electron chi connectivity index (χ2n) is 5.74. The van der Waals surface area contributed by atoms with E-state index in [-0.39, 0.29) is 12.5 Å². The van der Waals surface area contributed by atoms with E-state index in [0.29, 0.717) is 5.69 Å². The fourth-order valence-corrected chi connectivity index (χ4v) is 2.70. The van der Waals surface area contributed by atoms with Crippen LogP contribution in [0.5, 0.6) is 0 Å². The van der Waals surface area contributed by atoms with Crippen molar-refractivity contribution < 1.29 is 4.79 Å². The molecule has 1 aromatic rings. The highest BCUT2D eigenvalue weighted by Crippen LogP contribution is 2.29. The summed E-state index contributed by atoms with van der Waals surface area (Å²) >= 11 is 0. The predicted octanol–water partition coefficient (Wildman–Crippen LogP) is 1.80. The van der Waals surface area contributed by atoms with E-state index in [4.69, 9.17) is 5.73 Å². The third-order valence-electron chi connectivity index (χ3n) is 3.97. The van der Waals surface area contributed by atoms with E-state index in [9.17, 15) is 4.79 Å². The van der Waals surface area contributed by atoms with Crippen LogP contribution in [0, 0.1) is 11.8 Å². The molecule has 0 spiro atoms. The number of nitrogens with one attached hydrogen (secondary N) is 1. The normalized spacial score (nSPS) is 23.2. The van der Waals surface area contributed by atoms with Crippen molar-refractivity contribution >= 4 is 11.6 Å². The van der Waals surface area contributed by atoms with E-state index >= 15 is 0 Å². The predicted molar refractivity (Wildman–Crippen MR) is 75.4 cm³/mol. The van der Waals surface area contributed by atoms with Gasteiger partial charge in [0.05, 0.1) is 11.9 Å². The molecule has 106 valence electrons. The van der Waals surface area contributed by atoms with Crippen LogP contribution < -0.4 is 11.1 Å². The molecule has 0 radical (unpaired) electrons. The van der Waals surface area contributed by atoms with Gasteiger partial charge in [-0.1, -0.05) is 32.6 Å². The van der Waals surface area contributed by atoms with Crippen LogP contribution in [0.25, 0.3) is 0 Å². The van der Waals surface area contributed by atoms with E-state index in [0.717, 1.165) is 24.8 Å². The van der Waals surface area contributed by atoms with Crippen molar-refractivity contribution in [3.8, 4) is 0 Å². The molecule has 19 heavy (non-hydrogen) atoms. The Morgan fingerprint density at radius 2 is 2.21 bits per heavy atom. The van der Waals surface area contributed by atoms with E-state index in [2.05, 4.69) is 17.3 Å².